The highest BCUT2D eigenvalue weighted by molar-refractivity contribution is 5.99. The van der Waals surface area contributed by atoms with Crippen LogP contribution in [0, 0.1) is 0 Å². The number of methoxy groups -OCH3 is 1. The van der Waals surface area contributed by atoms with Crippen LogP contribution in [-0.2, 0) is 33.9 Å². The number of nitrogens with zero attached hydrogens (tertiary/aromatic N) is 3. The topological polar surface area (TPSA) is 186 Å². The summed E-state index contributed by atoms with van der Waals surface area (Å²) >= 11 is 0. The maximum atomic E-state index is 13.5. The lowest BCUT2D eigenvalue weighted by molar-refractivity contribution is -0.134. The molecule has 14 heteroatoms. The molecule has 4 rings (SSSR count). The van der Waals surface area contributed by atoms with E-state index in [4.69, 9.17) is 9.47 Å². The Morgan fingerprint density at radius 1 is 1.02 bits per heavy atom. The Morgan fingerprint density at radius 2 is 1.80 bits per heavy atom. The predicted molar refractivity (Wildman–Crippen MR) is 167 cm³/mol. The number of ether oxygens (including phenoxy) is 2. The number of benzene rings is 2. The molecule has 46 heavy (non-hydrogen) atoms. The van der Waals surface area contributed by atoms with Gasteiger partial charge in [0.15, 0.2) is 11.5 Å². The summed E-state index contributed by atoms with van der Waals surface area (Å²) in [5, 5.41) is 29.6. The maximum Gasteiger partial charge on any atom is 0.252 e. The van der Waals surface area contributed by atoms with E-state index >= 15 is 0 Å². The summed E-state index contributed by atoms with van der Waals surface area (Å²) in [7, 11) is 1.49. The van der Waals surface area contributed by atoms with Gasteiger partial charge in [-0.05, 0) is 37.1 Å². The summed E-state index contributed by atoms with van der Waals surface area (Å²) in [6.45, 7) is 4.04. The third kappa shape index (κ3) is 9.27. The van der Waals surface area contributed by atoms with E-state index in [0.717, 1.165) is 5.56 Å². The van der Waals surface area contributed by atoms with Gasteiger partial charge in [0.25, 0.3) is 5.91 Å². The standard InChI is InChI=1S/C32H41N7O7/c1-4-9-24-31(43)36-28(20(2)40)32(44)35-25(16-21-10-6-5-7-11-21)30(42)33-18-23-19-39(38-37-23)14-8-15-46-27-17-22(29(41)34-24)12-13-26(27)45-3/h5-7,10-13,17,19-20,24-25,28,40H,4,8-9,14-16,18H2,1-3H3,(H,33,42)(H,34,41)(H,35,44)(H,36,43)/t20-,24+,25+,28+/m1/s1. The highest BCUT2D eigenvalue weighted by Gasteiger charge is 2.32. The first-order chi connectivity index (χ1) is 22.2. The molecule has 3 aromatic rings. The van der Waals surface area contributed by atoms with E-state index in [0.29, 0.717) is 36.6 Å². The van der Waals surface area contributed by atoms with Crippen molar-refractivity contribution in [3.05, 3.63) is 71.5 Å². The number of amides is 4. The lowest BCUT2D eigenvalue weighted by Crippen LogP contribution is -2.60. The van der Waals surface area contributed by atoms with E-state index in [1.165, 1.54) is 20.1 Å². The average Bonchev–Trinajstić information content (AvgIpc) is 3.51. The molecular formula is C32H41N7O7. The highest BCUT2D eigenvalue weighted by Crippen LogP contribution is 2.28. The van der Waals surface area contributed by atoms with E-state index in [1.54, 1.807) is 23.0 Å². The molecule has 0 spiro atoms. The van der Waals surface area contributed by atoms with Crippen LogP contribution >= 0.6 is 0 Å². The number of carbonyl (C=O) groups excluding carboxylic acids is 4. The summed E-state index contributed by atoms with van der Waals surface area (Å²) in [6.07, 6.45) is 1.92. The van der Waals surface area contributed by atoms with E-state index in [-0.39, 0.29) is 31.6 Å². The van der Waals surface area contributed by atoms with E-state index in [2.05, 4.69) is 31.6 Å². The number of fused-ring (bicyclic) bond motifs is 4. The Labute approximate surface area is 267 Å². The Bertz CT molecular complexity index is 1490. The third-order valence-electron chi connectivity index (χ3n) is 7.42. The van der Waals surface area contributed by atoms with Gasteiger partial charge in [0.05, 0.1) is 32.6 Å². The highest BCUT2D eigenvalue weighted by atomic mass is 16.5. The molecule has 1 aromatic heterocycles. The molecule has 1 aliphatic rings. The van der Waals surface area contributed by atoms with Gasteiger partial charge in [0.1, 0.15) is 23.8 Å². The second kappa shape index (κ2) is 16.4. The van der Waals surface area contributed by atoms with Crippen molar-refractivity contribution in [1.82, 2.24) is 36.3 Å². The van der Waals surface area contributed by atoms with Crippen LogP contribution in [0.1, 0.15) is 54.7 Å². The lowest BCUT2D eigenvalue weighted by Gasteiger charge is -2.27. The van der Waals surface area contributed by atoms with Crippen LogP contribution in [0.2, 0.25) is 0 Å². The van der Waals surface area contributed by atoms with Gasteiger partial charge in [-0.1, -0.05) is 48.9 Å². The number of nitrogens with one attached hydrogen (secondary N) is 4. The van der Waals surface area contributed by atoms with Gasteiger partial charge >= 0.3 is 0 Å². The van der Waals surface area contributed by atoms with Gasteiger partial charge in [-0.15, -0.1) is 5.10 Å². The van der Waals surface area contributed by atoms with Crippen molar-refractivity contribution in [2.45, 2.75) is 76.8 Å². The van der Waals surface area contributed by atoms with Gasteiger partial charge in [0.2, 0.25) is 17.7 Å². The lowest BCUT2D eigenvalue weighted by atomic mass is 10.0. The van der Waals surface area contributed by atoms with Crippen molar-refractivity contribution in [3.63, 3.8) is 0 Å². The van der Waals surface area contributed by atoms with Crippen LogP contribution in [0.5, 0.6) is 11.5 Å². The summed E-state index contributed by atoms with van der Waals surface area (Å²) in [5.41, 5.74) is 1.55. The number of aromatic nitrogens is 3. The number of aliphatic hydroxyl groups is 1. The van der Waals surface area contributed by atoms with Crippen molar-refractivity contribution in [2.75, 3.05) is 13.7 Å². The molecule has 2 heterocycles. The third-order valence-corrected chi connectivity index (χ3v) is 7.42. The van der Waals surface area contributed by atoms with Crippen LogP contribution in [0.15, 0.2) is 54.7 Å². The van der Waals surface area contributed by atoms with Gasteiger partial charge in [-0.2, -0.15) is 0 Å². The summed E-state index contributed by atoms with van der Waals surface area (Å²) < 4.78 is 12.9. The quantitative estimate of drug-likeness (QED) is 0.262. The first kappa shape index (κ1) is 33.9. The molecule has 4 bridgehead atoms. The number of aryl methyl sites for hydroxylation is 1. The first-order valence-electron chi connectivity index (χ1n) is 15.3. The molecule has 14 nitrogen and oxygen atoms in total. The number of hydrogen-bond acceptors (Lipinski definition) is 9. The van der Waals surface area contributed by atoms with Crippen LogP contribution in [-0.4, -0.2) is 81.7 Å². The number of carbonyl (C=O) groups is 4. The molecule has 0 aliphatic carbocycles. The van der Waals surface area contributed by atoms with Crippen molar-refractivity contribution in [3.8, 4) is 11.5 Å². The number of aliphatic hydroxyl groups excluding tert-OH is 1. The molecule has 1 aliphatic heterocycles. The Morgan fingerprint density at radius 3 is 2.52 bits per heavy atom. The minimum atomic E-state index is -1.41. The van der Waals surface area contributed by atoms with E-state index in [9.17, 15) is 24.3 Å². The predicted octanol–water partition coefficient (Wildman–Crippen LogP) is 0.877. The second-order valence-electron chi connectivity index (χ2n) is 11.1. The van der Waals surface area contributed by atoms with Crippen LogP contribution in [0.4, 0.5) is 0 Å². The monoisotopic (exact) mass is 635 g/mol. The summed E-state index contributed by atoms with van der Waals surface area (Å²) in [4.78, 5) is 53.6. The van der Waals surface area contributed by atoms with Gasteiger partial charge in [0, 0.05) is 24.9 Å². The van der Waals surface area contributed by atoms with Crippen LogP contribution in [0.25, 0.3) is 0 Å². The fourth-order valence-electron chi connectivity index (χ4n) is 4.95. The van der Waals surface area contributed by atoms with Gasteiger partial charge < -0.3 is 35.8 Å². The number of rotatable bonds is 6. The zero-order chi connectivity index (χ0) is 33.1. The zero-order valence-corrected chi connectivity index (χ0v) is 26.2. The van der Waals surface area contributed by atoms with E-state index < -0.39 is 47.9 Å². The smallest absolute Gasteiger partial charge is 0.252 e. The molecule has 5 N–H and O–H groups in total. The SMILES string of the molecule is CCC[C@@H]1NC(=O)c2ccc(OC)c(c2)OCCCn2cc(nn2)CNC(=O)[C@H](Cc2ccccc2)NC(=O)[C@H]([C@@H](C)O)NC1=O. The minimum Gasteiger partial charge on any atom is -0.493 e. The molecule has 2 aromatic carbocycles. The van der Waals surface area contributed by atoms with E-state index in [1.807, 2.05) is 37.3 Å². The summed E-state index contributed by atoms with van der Waals surface area (Å²) in [6, 6.07) is 10.4. The van der Waals surface area contributed by atoms with Gasteiger partial charge in [-0.25, -0.2) is 0 Å². The number of hydrogen-bond donors (Lipinski definition) is 5. The normalized spacial score (nSPS) is 20.8. The molecule has 0 saturated carbocycles. The zero-order valence-electron chi connectivity index (χ0n) is 26.2. The largest absolute Gasteiger partial charge is 0.493 e. The fraction of sp³-hybridized carbons (Fsp3) is 0.438. The van der Waals surface area contributed by atoms with Crippen molar-refractivity contribution in [2.24, 2.45) is 0 Å². The Balaban J connectivity index is 1.63. The Hall–Kier alpha value is -4.98. The second-order valence-corrected chi connectivity index (χ2v) is 11.1. The Kier molecular flexibility index (Phi) is 12.1. The molecule has 0 radical (unpaired) electrons. The fourth-order valence-corrected chi connectivity index (χ4v) is 4.95. The average molecular weight is 636 g/mol. The minimum absolute atomic E-state index is 0.0649. The summed E-state index contributed by atoms with van der Waals surface area (Å²) in [5.74, 6) is -1.64. The molecular weight excluding hydrogens is 594 g/mol. The molecule has 0 fully saturated rings. The van der Waals surface area contributed by atoms with Crippen molar-refractivity contribution < 1.29 is 33.8 Å². The molecule has 246 valence electrons. The molecule has 4 amide bonds. The van der Waals surface area contributed by atoms with Crippen LogP contribution in [0.3, 0.4) is 0 Å². The van der Waals surface area contributed by atoms with Crippen molar-refractivity contribution in [1.29, 1.82) is 0 Å². The maximum absolute atomic E-state index is 13.5. The molecule has 0 saturated heterocycles. The molecule has 4 atom stereocenters. The van der Waals surface area contributed by atoms with Gasteiger partial charge in [-0.3, -0.25) is 23.9 Å². The van der Waals surface area contributed by atoms with Crippen LogP contribution < -0.4 is 30.7 Å². The molecule has 0 unspecified atom stereocenters. The first-order valence-corrected chi connectivity index (χ1v) is 15.3. The van der Waals surface area contributed by atoms with Crippen molar-refractivity contribution >= 4 is 23.6 Å².